The Morgan fingerprint density at radius 2 is 2.00 bits per heavy atom. The number of para-hydroxylation sites is 1. The van der Waals surface area contributed by atoms with Gasteiger partial charge in [-0.3, -0.25) is 9.48 Å². The van der Waals surface area contributed by atoms with Crippen LogP contribution < -0.4 is 5.43 Å². The standard InChI is InChI=1S/C20H20N4O2/c1-14-10-15(2)24(23-14)13-16-6-5-8-17(11-16)20(26)22-21-12-18-7-3-4-9-19(18)25/h3-12,25H,13H2,1-2H3,(H,22,26)/b21-12+. The fourth-order valence-corrected chi connectivity index (χ4v) is 2.64. The molecule has 2 aromatic carbocycles. The molecule has 0 aliphatic heterocycles. The number of carbonyl (C=O) groups is 1. The molecule has 0 fully saturated rings. The van der Waals surface area contributed by atoms with Gasteiger partial charge in [0.2, 0.25) is 0 Å². The second kappa shape index (κ2) is 7.65. The highest BCUT2D eigenvalue weighted by molar-refractivity contribution is 5.95. The van der Waals surface area contributed by atoms with Gasteiger partial charge in [-0.25, -0.2) is 5.43 Å². The largest absolute Gasteiger partial charge is 0.507 e. The van der Waals surface area contributed by atoms with E-state index in [2.05, 4.69) is 15.6 Å². The van der Waals surface area contributed by atoms with Gasteiger partial charge in [-0.05, 0) is 49.7 Å². The van der Waals surface area contributed by atoms with Gasteiger partial charge < -0.3 is 5.11 Å². The summed E-state index contributed by atoms with van der Waals surface area (Å²) >= 11 is 0. The van der Waals surface area contributed by atoms with Crippen molar-refractivity contribution in [2.45, 2.75) is 20.4 Å². The first-order valence-corrected chi connectivity index (χ1v) is 8.24. The fourth-order valence-electron chi connectivity index (χ4n) is 2.64. The molecule has 0 saturated carbocycles. The van der Waals surface area contributed by atoms with Crippen LogP contribution in [-0.4, -0.2) is 27.0 Å². The summed E-state index contributed by atoms with van der Waals surface area (Å²) in [5.74, 6) is -0.204. The Morgan fingerprint density at radius 1 is 1.19 bits per heavy atom. The number of hydrogen-bond acceptors (Lipinski definition) is 4. The third kappa shape index (κ3) is 4.16. The molecule has 0 unspecified atom stereocenters. The molecule has 0 aliphatic carbocycles. The Morgan fingerprint density at radius 3 is 2.73 bits per heavy atom. The first-order chi connectivity index (χ1) is 12.5. The van der Waals surface area contributed by atoms with Crippen LogP contribution in [-0.2, 0) is 6.54 Å². The van der Waals surface area contributed by atoms with E-state index in [9.17, 15) is 9.90 Å². The van der Waals surface area contributed by atoms with E-state index >= 15 is 0 Å². The normalized spacial score (nSPS) is 11.0. The number of nitrogens with zero attached hydrogens (tertiary/aromatic N) is 3. The summed E-state index contributed by atoms with van der Waals surface area (Å²) in [5, 5.41) is 18.0. The van der Waals surface area contributed by atoms with Crippen molar-refractivity contribution in [2.75, 3.05) is 0 Å². The first kappa shape index (κ1) is 17.4. The van der Waals surface area contributed by atoms with E-state index in [1.54, 1.807) is 30.3 Å². The number of aromatic hydroxyl groups is 1. The van der Waals surface area contributed by atoms with E-state index in [1.165, 1.54) is 6.21 Å². The molecule has 6 heteroatoms. The van der Waals surface area contributed by atoms with Gasteiger partial charge >= 0.3 is 0 Å². The molecular formula is C20H20N4O2. The number of phenolic OH excluding ortho intramolecular Hbond substituents is 1. The van der Waals surface area contributed by atoms with Crippen LogP contribution in [0.3, 0.4) is 0 Å². The number of phenols is 1. The van der Waals surface area contributed by atoms with Crippen molar-refractivity contribution in [3.8, 4) is 5.75 Å². The van der Waals surface area contributed by atoms with E-state index in [0.29, 0.717) is 17.7 Å². The lowest BCUT2D eigenvalue weighted by Crippen LogP contribution is -2.18. The second-order valence-corrected chi connectivity index (χ2v) is 6.04. The minimum absolute atomic E-state index is 0.109. The van der Waals surface area contributed by atoms with E-state index in [-0.39, 0.29) is 11.7 Å². The van der Waals surface area contributed by atoms with E-state index in [1.807, 2.05) is 42.8 Å². The van der Waals surface area contributed by atoms with Crippen LogP contribution in [0.2, 0.25) is 0 Å². The number of nitrogens with one attached hydrogen (secondary N) is 1. The van der Waals surface area contributed by atoms with Crippen molar-refractivity contribution in [3.63, 3.8) is 0 Å². The van der Waals surface area contributed by atoms with Gasteiger partial charge in [-0.15, -0.1) is 0 Å². The lowest BCUT2D eigenvalue weighted by atomic mass is 10.1. The van der Waals surface area contributed by atoms with Crippen molar-refractivity contribution in [2.24, 2.45) is 5.10 Å². The fraction of sp³-hybridized carbons (Fsp3) is 0.150. The number of amides is 1. The molecule has 0 bridgehead atoms. The van der Waals surface area contributed by atoms with Gasteiger partial charge in [-0.1, -0.05) is 24.3 Å². The Balaban J connectivity index is 1.68. The number of carbonyl (C=O) groups excluding carboxylic acids is 1. The summed E-state index contributed by atoms with van der Waals surface area (Å²) in [4.78, 5) is 12.3. The molecule has 0 saturated heterocycles. The van der Waals surface area contributed by atoms with E-state index in [4.69, 9.17) is 0 Å². The van der Waals surface area contributed by atoms with Crippen LogP contribution in [0.5, 0.6) is 5.75 Å². The number of aromatic nitrogens is 2. The summed E-state index contributed by atoms with van der Waals surface area (Å²) in [6, 6.07) is 16.1. The van der Waals surface area contributed by atoms with Crippen LogP contribution in [0.15, 0.2) is 59.7 Å². The first-order valence-electron chi connectivity index (χ1n) is 8.24. The number of benzene rings is 2. The smallest absolute Gasteiger partial charge is 0.271 e. The molecule has 6 nitrogen and oxygen atoms in total. The van der Waals surface area contributed by atoms with Crippen molar-refractivity contribution >= 4 is 12.1 Å². The summed E-state index contributed by atoms with van der Waals surface area (Å²) < 4.78 is 1.91. The molecule has 0 aliphatic rings. The Labute approximate surface area is 151 Å². The lowest BCUT2D eigenvalue weighted by Gasteiger charge is -2.07. The topological polar surface area (TPSA) is 79.5 Å². The van der Waals surface area contributed by atoms with Gasteiger partial charge in [0.05, 0.1) is 18.5 Å². The van der Waals surface area contributed by atoms with Crippen LogP contribution in [0.1, 0.15) is 32.9 Å². The third-order valence-electron chi connectivity index (χ3n) is 3.93. The Hall–Kier alpha value is -3.41. The van der Waals surface area contributed by atoms with Crippen molar-refractivity contribution in [3.05, 3.63) is 82.7 Å². The molecule has 3 rings (SSSR count). The van der Waals surface area contributed by atoms with E-state index < -0.39 is 0 Å². The van der Waals surface area contributed by atoms with Gasteiger partial charge in [0, 0.05) is 16.8 Å². The maximum Gasteiger partial charge on any atom is 0.271 e. The Kier molecular flexibility index (Phi) is 5.12. The molecule has 3 aromatic rings. The Bertz CT molecular complexity index is 960. The predicted molar refractivity (Wildman–Crippen MR) is 100 cm³/mol. The van der Waals surface area contributed by atoms with Crippen LogP contribution in [0.4, 0.5) is 0 Å². The average Bonchev–Trinajstić information content (AvgIpc) is 2.94. The van der Waals surface area contributed by atoms with Gasteiger partial charge in [-0.2, -0.15) is 10.2 Å². The highest BCUT2D eigenvalue weighted by Gasteiger charge is 2.07. The van der Waals surface area contributed by atoms with Crippen molar-refractivity contribution in [1.29, 1.82) is 0 Å². The van der Waals surface area contributed by atoms with Gasteiger partial charge in [0.15, 0.2) is 0 Å². The summed E-state index contributed by atoms with van der Waals surface area (Å²) in [6.07, 6.45) is 1.41. The molecule has 132 valence electrons. The zero-order valence-corrected chi connectivity index (χ0v) is 14.7. The zero-order valence-electron chi connectivity index (χ0n) is 14.7. The predicted octanol–water partition coefficient (Wildman–Crippen LogP) is 3.02. The summed E-state index contributed by atoms with van der Waals surface area (Å²) in [5.41, 5.74) is 6.55. The highest BCUT2D eigenvalue weighted by Crippen LogP contribution is 2.13. The molecule has 26 heavy (non-hydrogen) atoms. The maximum absolute atomic E-state index is 12.3. The number of hydrazone groups is 1. The molecule has 1 aromatic heterocycles. The lowest BCUT2D eigenvalue weighted by molar-refractivity contribution is 0.0955. The third-order valence-corrected chi connectivity index (χ3v) is 3.93. The monoisotopic (exact) mass is 348 g/mol. The van der Waals surface area contributed by atoms with Gasteiger partial charge in [0.1, 0.15) is 5.75 Å². The van der Waals surface area contributed by atoms with Crippen LogP contribution in [0, 0.1) is 13.8 Å². The molecular weight excluding hydrogens is 328 g/mol. The number of rotatable bonds is 5. The second-order valence-electron chi connectivity index (χ2n) is 6.04. The molecule has 0 spiro atoms. The maximum atomic E-state index is 12.3. The van der Waals surface area contributed by atoms with Crippen LogP contribution in [0.25, 0.3) is 0 Å². The van der Waals surface area contributed by atoms with Crippen molar-refractivity contribution in [1.82, 2.24) is 15.2 Å². The number of aryl methyl sites for hydroxylation is 2. The molecule has 1 heterocycles. The molecule has 1 amide bonds. The molecule has 2 N–H and O–H groups in total. The summed E-state index contributed by atoms with van der Waals surface area (Å²) in [6.45, 7) is 4.56. The summed E-state index contributed by atoms with van der Waals surface area (Å²) in [7, 11) is 0. The van der Waals surface area contributed by atoms with Crippen LogP contribution >= 0.6 is 0 Å². The average molecular weight is 348 g/mol. The van der Waals surface area contributed by atoms with E-state index in [0.717, 1.165) is 17.0 Å². The molecule has 0 radical (unpaired) electrons. The zero-order chi connectivity index (χ0) is 18.5. The minimum Gasteiger partial charge on any atom is -0.507 e. The number of hydrogen-bond donors (Lipinski definition) is 2. The molecule has 0 atom stereocenters. The minimum atomic E-state index is -0.313. The highest BCUT2D eigenvalue weighted by atomic mass is 16.3. The quantitative estimate of drug-likeness (QED) is 0.549. The SMILES string of the molecule is Cc1cc(C)n(Cc2cccc(C(=O)N/N=C/c3ccccc3O)c2)n1. The van der Waals surface area contributed by atoms with Crippen molar-refractivity contribution < 1.29 is 9.90 Å². The van der Waals surface area contributed by atoms with Gasteiger partial charge in [0.25, 0.3) is 5.91 Å².